The molecule has 0 spiro atoms. The lowest BCUT2D eigenvalue weighted by Gasteiger charge is -2.05. The molecule has 0 saturated carbocycles. The summed E-state index contributed by atoms with van der Waals surface area (Å²) in [6.07, 6.45) is 0. The Balaban J connectivity index is 2.02. The SMILES string of the molecule is COCCNCc1ccc2ccccc2c1. The van der Waals surface area contributed by atoms with Crippen LogP contribution in [0.1, 0.15) is 5.56 Å². The van der Waals surface area contributed by atoms with Crippen molar-refractivity contribution >= 4 is 10.8 Å². The Morgan fingerprint density at radius 3 is 2.69 bits per heavy atom. The molecule has 0 heterocycles. The van der Waals surface area contributed by atoms with Gasteiger partial charge in [0.2, 0.25) is 0 Å². The van der Waals surface area contributed by atoms with E-state index in [9.17, 15) is 0 Å². The van der Waals surface area contributed by atoms with Gasteiger partial charge in [-0.05, 0) is 22.4 Å². The van der Waals surface area contributed by atoms with Gasteiger partial charge < -0.3 is 10.1 Å². The standard InChI is InChI=1S/C14H17NO/c1-16-9-8-15-11-12-6-7-13-4-2-3-5-14(13)10-12/h2-7,10,15H,8-9,11H2,1H3. The normalized spacial score (nSPS) is 10.8. The fourth-order valence-electron chi connectivity index (χ4n) is 1.76. The molecule has 0 atom stereocenters. The molecule has 2 rings (SSSR count). The van der Waals surface area contributed by atoms with Crippen LogP contribution in [0.4, 0.5) is 0 Å². The van der Waals surface area contributed by atoms with Crippen molar-refractivity contribution in [1.29, 1.82) is 0 Å². The predicted octanol–water partition coefficient (Wildman–Crippen LogP) is 2.58. The first-order chi connectivity index (χ1) is 7.90. The molecule has 0 radical (unpaired) electrons. The van der Waals surface area contributed by atoms with Crippen molar-refractivity contribution in [2.45, 2.75) is 6.54 Å². The summed E-state index contributed by atoms with van der Waals surface area (Å²) in [6.45, 7) is 2.55. The molecule has 0 saturated heterocycles. The van der Waals surface area contributed by atoms with Gasteiger partial charge in [-0.3, -0.25) is 0 Å². The minimum Gasteiger partial charge on any atom is -0.383 e. The third-order valence-corrected chi connectivity index (χ3v) is 2.63. The summed E-state index contributed by atoms with van der Waals surface area (Å²) < 4.78 is 4.99. The van der Waals surface area contributed by atoms with Crippen LogP contribution < -0.4 is 5.32 Å². The fraction of sp³-hybridized carbons (Fsp3) is 0.286. The van der Waals surface area contributed by atoms with Gasteiger partial charge in [-0.2, -0.15) is 0 Å². The highest BCUT2D eigenvalue weighted by Crippen LogP contribution is 2.15. The number of fused-ring (bicyclic) bond motifs is 1. The minimum absolute atomic E-state index is 0.758. The predicted molar refractivity (Wildman–Crippen MR) is 67.5 cm³/mol. The van der Waals surface area contributed by atoms with E-state index in [4.69, 9.17) is 4.74 Å². The molecule has 0 aliphatic rings. The Kier molecular flexibility index (Phi) is 3.91. The largest absolute Gasteiger partial charge is 0.383 e. The molecule has 2 heteroatoms. The summed E-state index contributed by atoms with van der Waals surface area (Å²) in [6, 6.07) is 15.0. The second-order valence-electron chi connectivity index (χ2n) is 3.85. The van der Waals surface area contributed by atoms with Gasteiger partial charge >= 0.3 is 0 Å². The van der Waals surface area contributed by atoms with Crippen LogP contribution in [0.2, 0.25) is 0 Å². The maximum atomic E-state index is 4.99. The molecular weight excluding hydrogens is 198 g/mol. The fourth-order valence-corrected chi connectivity index (χ4v) is 1.76. The lowest BCUT2D eigenvalue weighted by atomic mass is 10.1. The van der Waals surface area contributed by atoms with Gasteiger partial charge in [0.1, 0.15) is 0 Å². The van der Waals surface area contributed by atoms with Crippen LogP contribution in [-0.2, 0) is 11.3 Å². The molecule has 0 aliphatic heterocycles. The van der Waals surface area contributed by atoms with Gasteiger partial charge in [-0.15, -0.1) is 0 Å². The highest BCUT2D eigenvalue weighted by molar-refractivity contribution is 5.82. The molecule has 0 unspecified atom stereocenters. The molecule has 0 aromatic heterocycles. The van der Waals surface area contributed by atoms with E-state index in [2.05, 4.69) is 47.8 Å². The first-order valence-electron chi connectivity index (χ1n) is 5.57. The summed E-state index contributed by atoms with van der Waals surface area (Å²) in [5.41, 5.74) is 1.31. The monoisotopic (exact) mass is 215 g/mol. The Labute approximate surface area is 96.2 Å². The van der Waals surface area contributed by atoms with E-state index in [1.807, 2.05) is 0 Å². The van der Waals surface area contributed by atoms with E-state index < -0.39 is 0 Å². The number of rotatable bonds is 5. The average molecular weight is 215 g/mol. The Morgan fingerprint density at radius 1 is 1.06 bits per heavy atom. The molecular formula is C14H17NO. The molecule has 0 amide bonds. The lowest BCUT2D eigenvalue weighted by Crippen LogP contribution is -2.18. The Morgan fingerprint density at radius 2 is 1.88 bits per heavy atom. The highest BCUT2D eigenvalue weighted by Gasteiger charge is 1.95. The van der Waals surface area contributed by atoms with E-state index in [1.54, 1.807) is 7.11 Å². The molecule has 0 aliphatic carbocycles. The number of benzene rings is 2. The van der Waals surface area contributed by atoms with Gasteiger partial charge in [0, 0.05) is 20.2 Å². The third-order valence-electron chi connectivity index (χ3n) is 2.63. The van der Waals surface area contributed by atoms with E-state index in [1.165, 1.54) is 16.3 Å². The van der Waals surface area contributed by atoms with Gasteiger partial charge in [0.25, 0.3) is 0 Å². The average Bonchev–Trinajstić information content (AvgIpc) is 2.34. The highest BCUT2D eigenvalue weighted by atomic mass is 16.5. The van der Waals surface area contributed by atoms with Crippen molar-refractivity contribution in [3.8, 4) is 0 Å². The smallest absolute Gasteiger partial charge is 0.0587 e. The quantitative estimate of drug-likeness (QED) is 0.774. The van der Waals surface area contributed by atoms with Crippen LogP contribution in [0.5, 0.6) is 0 Å². The second kappa shape index (κ2) is 5.64. The van der Waals surface area contributed by atoms with Gasteiger partial charge in [-0.25, -0.2) is 0 Å². The number of hydrogen-bond donors (Lipinski definition) is 1. The van der Waals surface area contributed by atoms with Crippen molar-refractivity contribution in [2.24, 2.45) is 0 Å². The van der Waals surface area contributed by atoms with Gasteiger partial charge in [0.05, 0.1) is 6.61 Å². The van der Waals surface area contributed by atoms with Crippen molar-refractivity contribution in [1.82, 2.24) is 5.32 Å². The zero-order valence-electron chi connectivity index (χ0n) is 9.57. The number of ether oxygens (including phenoxy) is 1. The van der Waals surface area contributed by atoms with Crippen molar-refractivity contribution in [3.63, 3.8) is 0 Å². The first-order valence-corrected chi connectivity index (χ1v) is 5.57. The minimum atomic E-state index is 0.758. The molecule has 0 bridgehead atoms. The van der Waals surface area contributed by atoms with Gasteiger partial charge in [-0.1, -0.05) is 36.4 Å². The van der Waals surface area contributed by atoms with Crippen molar-refractivity contribution < 1.29 is 4.74 Å². The molecule has 0 fully saturated rings. The Hall–Kier alpha value is -1.38. The summed E-state index contributed by atoms with van der Waals surface area (Å²) in [5.74, 6) is 0. The van der Waals surface area contributed by atoms with E-state index >= 15 is 0 Å². The van der Waals surface area contributed by atoms with Crippen molar-refractivity contribution in [3.05, 3.63) is 48.0 Å². The summed E-state index contributed by atoms with van der Waals surface area (Å²) in [7, 11) is 1.72. The van der Waals surface area contributed by atoms with Crippen LogP contribution in [-0.4, -0.2) is 20.3 Å². The van der Waals surface area contributed by atoms with Crippen LogP contribution >= 0.6 is 0 Å². The summed E-state index contributed by atoms with van der Waals surface area (Å²) in [5, 5.41) is 5.94. The zero-order chi connectivity index (χ0) is 11.2. The topological polar surface area (TPSA) is 21.3 Å². The van der Waals surface area contributed by atoms with Crippen LogP contribution in [0.25, 0.3) is 10.8 Å². The molecule has 2 aromatic carbocycles. The maximum absolute atomic E-state index is 4.99. The number of hydrogen-bond acceptors (Lipinski definition) is 2. The van der Waals surface area contributed by atoms with Crippen molar-refractivity contribution in [2.75, 3.05) is 20.3 Å². The first kappa shape index (κ1) is 11.1. The molecule has 84 valence electrons. The van der Waals surface area contributed by atoms with Gasteiger partial charge in [0.15, 0.2) is 0 Å². The molecule has 2 nitrogen and oxygen atoms in total. The van der Waals surface area contributed by atoms with E-state index in [-0.39, 0.29) is 0 Å². The zero-order valence-corrected chi connectivity index (χ0v) is 9.57. The molecule has 2 aromatic rings. The Bertz CT molecular complexity index is 453. The van der Waals surface area contributed by atoms with Crippen LogP contribution in [0.3, 0.4) is 0 Å². The maximum Gasteiger partial charge on any atom is 0.0587 e. The van der Waals surface area contributed by atoms with Crippen LogP contribution in [0.15, 0.2) is 42.5 Å². The summed E-state index contributed by atoms with van der Waals surface area (Å²) >= 11 is 0. The lowest BCUT2D eigenvalue weighted by molar-refractivity contribution is 0.199. The third kappa shape index (κ3) is 2.81. The molecule has 1 N–H and O–H groups in total. The number of methoxy groups -OCH3 is 1. The van der Waals surface area contributed by atoms with E-state index in [0.717, 1.165) is 19.7 Å². The van der Waals surface area contributed by atoms with E-state index in [0.29, 0.717) is 0 Å². The molecule has 16 heavy (non-hydrogen) atoms. The van der Waals surface area contributed by atoms with Crippen LogP contribution in [0, 0.1) is 0 Å². The second-order valence-corrected chi connectivity index (χ2v) is 3.85. The summed E-state index contributed by atoms with van der Waals surface area (Å²) in [4.78, 5) is 0. The number of nitrogens with one attached hydrogen (secondary N) is 1.